The molecule has 0 aliphatic carbocycles. The number of amides is 1. The fourth-order valence-corrected chi connectivity index (χ4v) is 3.94. The summed E-state index contributed by atoms with van der Waals surface area (Å²) in [5.74, 6) is 1.58. The van der Waals surface area contributed by atoms with Gasteiger partial charge in [0.05, 0.1) is 11.6 Å². The average Bonchev–Trinajstić information content (AvgIpc) is 3.41. The fourth-order valence-electron chi connectivity index (χ4n) is 3.94. The molecule has 2 bridgehead atoms. The van der Waals surface area contributed by atoms with Gasteiger partial charge in [0.2, 0.25) is 12.7 Å². The van der Waals surface area contributed by atoms with Crippen molar-refractivity contribution in [2.45, 2.75) is 18.5 Å². The topological polar surface area (TPSA) is 100 Å². The van der Waals surface area contributed by atoms with Gasteiger partial charge in [-0.05, 0) is 18.6 Å². The minimum Gasteiger partial charge on any atom is -0.454 e. The number of aromatic nitrogens is 2. The number of hydroxylamine groups is 1. The number of hydrogen-bond donors (Lipinski definition) is 2. The van der Waals surface area contributed by atoms with Crippen molar-refractivity contribution in [3.8, 4) is 11.5 Å². The second-order valence-corrected chi connectivity index (χ2v) is 6.60. The normalized spacial score (nSPS) is 22.8. The van der Waals surface area contributed by atoms with Crippen LogP contribution in [-0.4, -0.2) is 53.0 Å². The molecule has 1 amide bonds. The van der Waals surface area contributed by atoms with Crippen molar-refractivity contribution in [3.05, 3.63) is 36.2 Å². The van der Waals surface area contributed by atoms with Crippen LogP contribution in [0.5, 0.6) is 11.5 Å². The molecule has 2 atom stereocenters. The first kappa shape index (κ1) is 15.2. The summed E-state index contributed by atoms with van der Waals surface area (Å²) < 4.78 is 10.9. The molecule has 134 valence electrons. The van der Waals surface area contributed by atoms with Gasteiger partial charge in [-0.3, -0.25) is 10.0 Å². The third-order valence-corrected chi connectivity index (χ3v) is 5.19. The number of ether oxygens (including phenoxy) is 2. The van der Waals surface area contributed by atoms with Gasteiger partial charge in [-0.25, -0.2) is 15.4 Å². The van der Waals surface area contributed by atoms with Crippen molar-refractivity contribution in [2.24, 2.45) is 0 Å². The Kier molecular flexibility index (Phi) is 3.35. The number of carbonyl (C=O) groups is 1. The lowest BCUT2D eigenvalue weighted by molar-refractivity contribution is 0.0705. The molecule has 1 aromatic heterocycles. The number of fused-ring (bicyclic) bond motifs is 3. The van der Waals surface area contributed by atoms with Gasteiger partial charge in [-0.2, -0.15) is 0 Å². The van der Waals surface area contributed by atoms with Crippen LogP contribution in [0.4, 0.5) is 11.6 Å². The number of piperazine rings is 1. The van der Waals surface area contributed by atoms with Gasteiger partial charge in [0, 0.05) is 43.3 Å². The maximum absolute atomic E-state index is 11.4. The summed E-state index contributed by atoms with van der Waals surface area (Å²) in [5.41, 5.74) is 2.94. The molecule has 3 aliphatic heterocycles. The van der Waals surface area contributed by atoms with Crippen LogP contribution in [0.1, 0.15) is 16.8 Å². The Labute approximate surface area is 149 Å². The SMILES string of the molecule is O=C(NO)c1cnc(N2C[C@H]3C[C@@H]2CN3c2ccc3c(c2)OCO3)nc1. The molecule has 26 heavy (non-hydrogen) atoms. The van der Waals surface area contributed by atoms with Crippen molar-refractivity contribution >= 4 is 17.5 Å². The van der Waals surface area contributed by atoms with Gasteiger partial charge < -0.3 is 19.3 Å². The van der Waals surface area contributed by atoms with E-state index >= 15 is 0 Å². The quantitative estimate of drug-likeness (QED) is 0.616. The number of hydrogen-bond acceptors (Lipinski definition) is 8. The van der Waals surface area contributed by atoms with E-state index in [1.54, 1.807) is 5.48 Å². The molecule has 2 aromatic rings. The second kappa shape index (κ2) is 5.73. The molecule has 5 rings (SSSR count). The number of benzene rings is 1. The smallest absolute Gasteiger partial charge is 0.277 e. The van der Waals surface area contributed by atoms with Gasteiger partial charge in [0.1, 0.15) is 0 Å². The molecule has 0 saturated carbocycles. The van der Waals surface area contributed by atoms with Crippen molar-refractivity contribution in [2.75, 3.05) is 29.7 Å². The Morgan fingerprint density at radius 3 is 2.58 bits per heavy atom. The summed E-state index contributed by atoms with van der Waals surface area (Å²) in [4.78, 5) is 24.5. The fraction of sp³-hybridized carbons (Fsp3) is 0.353. The molecule has 0 radical (unpaired) electrons. The molecule has 9 nitrogen and oxygen atoms in total. The van der Waals surface area contributed by atoms with Crippen LogP contribution < -0.4 is 24.8 Å². The number of rotatable bonds is 3. The highest BCUT2D eigenvalue weighted by Crippen LogP contribution is 2.40. The van der Waals surface area contributed by atoms with Gasteiger partial charge in [-0.1, -0.05) is 0 Å². The Hall–Kier alpha value is -3.07. The van der Waals surface area contributed by atoms with Crippen molar-refractivity contribution in [3.63, 3.8) is 0 Å². The van der Waals surface area contributed by atoms with Crippen molar-refractivity contribution < 1.29 is 19.5 Å². The Bertz CT molecular complexity index is 859. The van der Waals surface area contributed by atoms with E-state index in [2.05, 4.69) is 25.8 Å². The number of nitrogens with one attached hydrogen (secondary N) is 1. The van der Waals surface area contributed by atoms with Crippen LogP contribution in [0.2, 0.25) is 0 Å². The van der Waals surface area contributed by atoms with Crippen LogP contribution in [0.25, 0.3) is 0 Å². The van der Waals surface area contributed by atoms with E-state index in [1.807, 2.05) is 12.1 Å². The highest BCUT2D eigenvalue weighted by Gasteiger charge is 2.44. The van der Waals surface area contributed by atoms with Crippen LogP contribution >= 0.6 is 0 Å². The van der Waals surface area contributed by atoms with Crippen LogP contribution in [0.3, 0.4) is 0 Å². The van der Waals surface area contributed by atoms with Crippen LogP contribution in [-0.2, 0) is 0 Å². The minimum atomic E-state index is -0.617. The zero-order valence-corrected chi connectivity index (χ0v) is 13.8. The summed E-state index contributed by atoms with van der Waals surface area (Å²) >= 11 is 0. The van der Waals surface area contributed by atoms with E-state index in [1.165, 1.54) is 12.4 Å². The van der Waals surface area contributed by atoms with E-state index in [0.717, 1.165) is 36.7 Å². The van der Waals surface area contributed by atoms with Gasteiger partial charge >= 0.3 is 0 Å². The van der Waals surface area contributed by atoms with Crippen molar-refractivity contribution in [1.82, 2.24) is 15.4 Å². The van der Waals surface area contributed by atoms with Gasteiger partial charge in [-0.15, -0.1) is 0 Å². The lowest BCUT2D eigenvalue weighted by atomic mass is 10.2. The molecule has 0 spiro atoms. The van der Waals surface area contributed by atoms with E-state index in [9.17, 15) is 4.79 Å². The van der Waals surface area contributed by atoms with Crippen LogP contribution in [0, 0.1) is 0 Å². The lowest BCUT2D eigenvalue weighted by Crippen LogP contribution is -2.47. The standard InChI is InChI=1S/C17H17N5O4/c23-16(20-24)10-5-18-17(19-6-10)22-8-12-3-13(22)7-21(12)11-1-2-14-15(4-11)26-9-25-14/h1-2,4-6,12-13,24H,3,7-9H2,(H,20,23)/t12-,13-/m1/s1. The monoisotopic (exact) mass is 355 g/mol. The summed E-state index contributed by atoms with van der Waals surface area (Å²) in [5, 5.41) is 8.66. The molecule has 4 heterocycles. The van der Waals surface area contributed by atoms with E-state index in [0.29, 0.717) is 18.0 Å². The maximum atomic E-state index is 11.4. The van der Waals surface area contributed by atoms with Gasteiger partial charge in [0.15, 0.2) is 11.5 Å². The number of anilines is 2. The molecule has 2 N–H and O–H groups in total. The Morgan fingerprint density at radius 1 is 1.12 bits per heavy atom. The number of nitrogens with zero attached hydrogens (tertiary/aromatic N) is 4. The molecule has 1 aromatic carbocycles. The minimum absolute atomic E-state index is 0.225. The van der Waals surface area contributed by atoms with E-state index in [-0.39, 0.29) is 12.4 Å². The molecule has 2 saturated heterocycles. The first-order valence-electron chi connectivity index (χ1n) is 8.42. The summed E-state index contributed by atoms with van der Waals surface area (Å²) in [6.07, 6.45) is 3.89. The third kappa shape index (κ3) is 2.31. The maximum Gasteiger partial charge on any atom is 0.277 e. The highest BCUT2D eigenvalue weighted by molar-refractivity contribution is 5.92. The first-order valence-corrected chi connectivity index (χ1v) is 8.42. The predicted octanol–water partition coefficient (Wildman–Crippen LogP) is 0.792. The third-order valence-electron chi connectivity index (χ3n) is 5.19. The average molecular weight is 355 g/mol. The molecular formula is C17H17N5O4. The van der Waals surface area contributed by atoms with Crippen LogP contribution in [0.15, 0.2) is 30.6 Å². The number of carbonyl (C=O) groups excluding carboxylic acids is 1. The summed E-state index contributed by atoms with van der Waals surface area (Å²) in [6.45, 7) is 1.98. The zero-order valence-electron chi connectivity index (χ0n) is 13.8. The zero-order chi connectivity index (χ0) is 17.7. The molecule has 9 heteroatoms. The second-order valence-electron chi connectivity index (χ2n) is 6.60. The van der Waals surface area contributed by atoms with E-state index in [4.69, 9.17) is 14.7 Å². The predicted molar refractivity (Wildman–Crippen MR) is 90.7 cm³/mol. The molecular weight excluding hydrogens is 338 g/mol. The summed E-state index contributed by atoms with van der Waals surface area (Å²) in [7, 11) is 0. The van der Waals surface area contributed by atoms with Crippen molar-refractivity contribution in [1.29, 1.82) is 0 Å². The first-order chi connectivity index (χ1) is 12.7. The largest absolute Gasteiger partial charge is 0.454 e. The lowest BCUT2D eigenvalue weighted by Gasteiger charge is -2.35. The highest BCUT2D eigenvalue weighted by atomic mass is 16.7. The molecule has 2 fully saturated rings. The Balaban J connectivity index is 1.32. The Morgan fingerprint density at radius 2 is 1.85 bits per heavy atom. The molecule has 0 unspecified atom stereocenters. The van der Waals surface area contributed by atoms with Gasteiger partial charge in [0.25, 0.3) is 5.91 Å². The molecule has 3 aliphatic rings. The van der Waals surface area contributed by atoms with E-state index < -0.39 is 5.91 Å². The summed E-state index contributed by atoms with van der Waals surface area (Å²) in [6, 6.07) is 6.76.